The van der Waals surface area contributed by atoms with E-state index < -0.39 is 17.2 Å². The molecule has 1 atom stereocenters. The van der Waals surface area contributed by atoms with E-state index in [-0.39, 0.29) is 5.56 Å². The molecule has 2 aromatic carbocycles. The molecule has 0 saturated heterocycles. The van der Waals surface area contributed by atoms with Crippen molar-refractivity contribution >= 4 is 45.3 Å². The third-order valence-electron chi connectivity index (χ3n) is 4.72. The monoisotopic (exact) mass is 464 g/mol. The summed E-state index contributed by atoms with van der Waals surface area (Å²) >= 11 is 2.56. The highest BCUT2D eigenvalue weighted by atomic mass is 32.2. The number of thioether (sulfide) groups is 1. The molecule has 4 aromatic rings. The summed E-state index contributed by atoms with van der Waals surface area (Å²) < 4.78 is 1.51. The van der Waals surface area contributed by atoms with Gasteiger partial charge in [0.1, 0.15) is 4.83 Å². The van der Waals surface area contributed by atoms with Gasteiger partial charge in [-0.15, -0.1) is 11.3 Å². The Kier molecular flexibility index (Phi) is 6.38. The van der Waals surface area contributed by atoms with E-state index in [2.05, 4.69) is 10.6 Å². The zero-order valence-corrected chi connectivity index (χ0v) is 19.0. The van der Waals surface area contributed by atoms with Gasteiger partial charge in [0, 0.05) is 11.9 Å². The van der Waals surface area contributed by atoms with Crippen LogP contribution in [0.4, 0.5) is 4.79 Å². The number of nitrogens with one attached hydrogen (secondary N) is 2. The van der Waals surface area contributed by atoms with E-state index in [0.717, 1.165) is 22.2 Å². The Hall–Kier alpha value is -3.43. The molecule has 2 heterocycles. The van der Waals surface area contributed by atoms with Gasteiger partial charge >= 0.3 is 6.03 Å². The Morgan fingerprint density at radius 2 is 1.72 bits per heavy atom. The highest BCUT2D eigenvalue weighted by Crippen LogP contribution is 2.33. The smallest absolute Gasteiger partial charge is 0.321 e. The second-order valence-electron chi connectivity index (χ2n) is 6.89. The van der Waals surface area contributed by atoms with Gasteiger partial charge < -0.3 is 5.32 Å². The van der Waals surface area contributed by atoms with Crippen molar-refractivity contribution in [1.29, 1.82) is 0 Å². The number of para-hydroxylation sites is 1. The summed E-state index contributed by atoms with van der Waals surface area (Å²) in [5.41, 5.74) is 1.45. The zero-order valence-electron chi connectivity index (χ0n) is 17.4. The van der Waals surface area contributed by atoms with Crippen LogP contribution in [-0.2, 0) is 4.79 Å². The maximum Gasteiger partial charge on any atom is 0.321 e. The molecular formula is C23H20N4O3S2. The predicted octanol–water partition coefficient (Wildman–Crippen LogP) is 4.05. The molecular weight excluding hydrogens is 444 g/mol. The standard InChI is InChI=1S/C23H20N4O3S2/c1-14(19(28)25-22(30)24-2)31-23-26-20-17(13-18(32-20)15-9-5-3-6-10-15)21(29)27(23)16-11-7-4-8-12-16/h3-14H,1-2H3,(H2,24,25,28,30). The second-order valence-corrected chi connectivity index (χ2v) is 9.23. The lowest BCUT2D eigenvalue weighted by atomic mass is 10.2. The number of hydrogen-bond acceptors (Lipinski definition) is 6. The maximum absolute atomic E-state index is 13.5. The van der Waals surface area contributed by atoms with Gasteiger partial charge in [-0.3, -0.25) is 19.5 Å². The van der Waals surface area contributed by atoms with Crippen molar-refractivity contribution in [2.45, 2.75) is 17.3 Å². The fourth-order valence-electron chi connectivity index (χ4n) is 3.08. The molecule has 0 radical (unpaired) electrons. The molecule has 0 fully saturated rings. The number of rotatable bonds is 5. The summed E-state index contributed by atoms with van der Waals surface area (Å²) in [5.74, 6) is -0.473. The van der Waals surface area contributed by atoms with Gasteiger partial charge in [-0.2, -0.15) is 0 Å². The lowest BCUT2D eigenvalue weighted by molar-refractivity contribution is -0.119. The molecule has 162 valence electrons. The summed E-state index contributed by atoms with van der Waals surface area (Å²) in [5, 5.41) is 4.87. The molecule has 3 amide bonds. The number of urea groups is 1. The summed E-state index contributed by atoms with van der Waals surface area (Å²) in [6.07, 6.45) is 0. The molecule has 0 aliphatic carbocycles. The minimum atomic E-state index is -0.653. The number of benzene rings is 2. The minimum Gasteiger partial charge on any atom is -0.341 e. The van der Waals surface area contributed by atoms with Crippen LogP contribution >= 0.6 is 23.1 Å². The molecule has 2 aromatic heterocycles. The molecule has 0 aliphatic rings. The molecule has 0 spiro atoms. The number of nitrogens with zero attached hydrogens (tertiary/aromatic N) is 2. The van der Waals surface area contributed by atoms with Crippen LogP contribution in [0.3, 0.4) is 0 Å². The van der Waals surface area contributed by atoms with E-state index in [9.17, 15) is 14.4 Å². The molecule has 4 rings (SSSR count). The van der Waals surface area contributed by atoms with Crippen molar-refractivity contribution in [3.8, 4) is 16.1 Å². The average molecular weight is 465 g/mol. The summed E-state index contributed by atoms with van der Waals surface area (Å²) in [6, 6.07) is 20.3. The number of carbonyl (C=O) groups excluding carboxylic acids is 2. The second kappa shape index (κ2) is 9.37. The number of fused-ring (bicyclic) bond motifs is 1. The molecule has 2 N–H and O–H groups in total. The third kappa shape index (κ3) is 4.44. The van der Waals surface area contributed by atoms with Crippen LogP contribution in [0.25, 0.3) is 26.3 Å². The van der Waals surface area contributed by atoms with Gasteiger partial charge in [-0.25, -0.2) is 9.78 Å². The van der Waals surface area contributed by atoms with E-state index in [1.165, 1.54) is 23.0 Å². The first-order valence-corrected chi connectivity index (χ1v) is 11.5. The molecule has 9 heteroatoms. The van der Waals surface area contributed by atoms with E-state index in [4.69, 9.17) is 4.98 Å². The van der Waals surface area contributed by atoms with Crippen LogP contribution in [0, 0.1) is 0 Å². The summed E-state index contributed by atoms with van der Waals surface area (Å²) in [7, 11) is 1.43. The number of amides is 3. The Bertz CT molecular complexity index is 1330. The average Bonchev–Trinajstić information content (AvgIpc) is 3.25. The molecule has 0 aliphatic heterocycles. The lowest BCUT2D eigenvalue weighted by Crippen LogP contribution is -2.41. The van der Waals surface area contributed by atoms with Crippen molar-refractivity contribution in [1.82, 2.24) is 20.2 Å². The quantitative estimate of drug-likeness (QED) is 0.343. The predicted molar refractivity (Wildman–Crippen MR) is 129 cm³/mol. The molecule has 0 bridgehead atoms. The van der Waals surface area contributed by atoms with E-state index >= 15 is 0 Å². The Morgan fingerprint density at radius 3 is 2.38 bits per heavy atom. The number of carbonyl (C=O) groups is 2. The normalized spacial score (nSPS) is 11.8. The molecule has 1 unspecified atom stereocenters. The molecule has 0 saturated carbocycles. The van der Waals surface area contributed by atoms with E-state index in [1.54, 1.807) is 6.92 Å². The van der Waals surface area contributed by atoms with Crippen molar-refractivity contribution in [3.05, 3.63) is 77.1 Å². The summed E-state index contributed by atoms with van der Waals surface area (Å²) in [6.45, 7) is 1.67. The van der Waals surface area contributed by atoms with Crippen LogP contribution in [-0.4, -0.2) is 33.8 Å². The van der Waals surface area contributed by atoms with Crippen LogP contribution in [0.15, 0.2) is 76.7 Å². The van der Waals surface area contributed by atoms with E-state index in [1.807, 2.05) is 66.7 Å². The van der Waals surface area contributed by atoms with Gasteiger partial charge in [-0.1, -0.05) is 60.3 Å². The number of aromatic nitrogens is 2. The Labute approximate surface area is 192 Å². The molecule has 7 nitrogen and oxygen atoms in total. The number of imide groups is 1. The first-order valence-electron chi connectivity index (χ1n) is 9.84. The van der Waals surface area contributed by atoms with Gasteiger partial charge in [0.2, 0.25) is 5.91 Å². The van der Waals surface area contributed by atoms with Gasteiger partial charge in [0.05, 0.1) is 16.3 Å². The fraction of sp³-hybridized carbons (Fsp3) is 0.130. The van der Waals surface area contributed by atoms with Gasteiger partial charge in [-0.05, 0) is 30.7 Å². The highest BCUT2D eigenvalue weighted by Gasteiger charge is 2.22. The topological polar surface area (TPSA) is 93.1 Å². The first kappa shape index (κ1) is 21.8. The van der Waals surface area contributed by atoms with Gasteiger partial charge in [0.25, 0.3) is 5.56 Å². The van der Waals surface area contributed by atoms with Crippen molar-refractivity contribution in [2.75, 3.05) is 7.05 Å². The van der Waals surface area contributed by atoms with Crippen LogP contribution in [0.1, 0.15) is 6.92 Å². The van der Waals surface area contributed by atoms with Crippen molar-refractivity contribution < 1.29 is 9.59 Å². The Balaban J connectivity index is 1.82. The third-order valence-corrected chi connectivity index (χ3v) is 6.85. The first-order chi connectivity index (χ1) is 15.5. The number of thiophene rings is 1. The fourth-order valence-corrected chi connectivity index (χ4v) is 5.08. The SMILES string of the molecule is CNC(=O)NC(=O)C(C)Sc1nc2sc(-c3ccccc3)cc2c(=O)n1-c1ccccc1. The van der Waals surface area contributed by atoms with Crippen molar-refractivity contribution in [2.24, 2.45) is 0 Å². The van der Waals surface area contributed by atoms with Crippen LogP contribution in [0.2, 0.25) is 0 Å². The van der Waals surface area contributed by atoms with Gasteiger partial charge in [0.15, 0.2) is 5.16 Å². The molecule has 32 heavy (non-hydrogen) atoms. The van der Waals surface area contributed by atoms with Crippen LogP contribution < -0.4 is 16.2 Å². The minimum absolute atomic E-state index is 0.207. The Morgan fingerprint density at radius 1 is 1.06 bits per heavy atom. The largest absolute Gasteiger partial charge is 0.341 e. The van der Waals surface area contributed by atoms with Crippen LogP contribution in [0.5, 0.6) is 0 Å². The lowest BCUT2D eigenvalue weighted by Gasteiger charge is -2.15. The maximum atomic E-state index is 13.5. The summed E-state index contributed by atoms with van der Waals surface area (Å²) in [4.78, 5) is 43.7. The highest BCUT2D eigenvalue weighted by molar-refractivity contribution is 8.00. The van der Waals surface area contributed by atoms with Crippen molar-refractivity contribution in [3.63, 3.8) is 0 Å². The zero-order chi connectivity index (χ0) is 22.7. The number of hydrogen-bond donors (Lipinski definition) is 2. The van der Waals surface area contributed by atoms with E-state index in [0.29, 0.717) is 21.1 Å².